The van der Waals surface area contributed by atoms with Crippen molar-refractivity contribution in [3.05, 3.63) is 53.1 Å². The van der Waals surface area contributed by atoms with Crippen LogP contribution in [0.25, 0.3) is 0 Å². The summed E-state index contributed by atoms with van der Waals surface area (Å²) in [4.78, 5) is 12.3. The van der Waals surface area contributed by atoms with E-state index >= 15 is 0 Å². The summed E-state index contributed by atoms with van der Waals surface area (Å²) in [6, 6.07) is 7.97. The fourth-order valence-corrected chi connectivity index (χ4v) is 3.30. The largest absolute Gasteiger partial charge is 0.456 e. The number of ether oxygens (including phenoxy) is 1. The summed E-state index contributed by atoms with van der Waals surface area (Å²) >= 11 is 0. The number of hydrogen-bond donors (Lipinski definition) is 0. The Morgan fingerprint density at radius 2 is 2.00 bits per heavy atom. The van der Waals surface area contributed by atoms with Crippen LogP contribution in [0.5, 0.6) is 0 Å². The van der Waals surface area contributed by atoms with E-state index in [2.05, 4.69) is 5.10 Å². The number of halogens is 1. The van der Waals surface area contributed by atoms with E-state index in [4.69, 9.17) is 4.74 Å². The zero-order valence-corrected chi connectivity index (χ0v) is 13.5. The Hall–Kier alpha value is -2.17. The number of rotatable bonds is 3. The number of aryl methyl sites for hydroxylation is 2. The highest BCUT2D eigenvalue weighted by atomic mass is 19.1. The lowest BCUT2D eigenvalue weighted by atomic mass is 9.92. The summed E-state index contributed by atoms with van der Waals surface area (Å²) in [5.74, 6) is -1.14. The third kappa shape index (κ3) is 3.28. The van der Waals surface area contributed by atoms with Crippen LogP contribution in [-0.4, -0.2) is 21.9 Å². The molecule has 0 unspecified atom stereocenters. The van der Waals surface area contributed by atoms with Gasteiger partial charge >= 0.3 is 5.97 Å². The molecule has 0 spiro atoms. The summed E-state index contributed by atoms with van der Waals surface area (Å²) in [5.41, 5.74) is 2.00. The van der Waals surface area contributed by atoms with E-state index in [0.29, 0.717) is 0 Å². The van der Waals surface area contributed by atoms with E-state index in [1.54, 1.807) is 12.1 Å². The smallest absolute Gasteiger partial charge is 0.341 e. The first-order chi connectivity index (χ1) is 11.1. The minimum absolute atomic E-state index is 0.00908. The van der Waals surface area contributed by atoms with E-state index in [-0.39, 0.29) is 17.7 Å². The molecule has 1 fully saturated rings. The molecule has 2 aromatic rings. The van der Waals surface area contributed by atoms with Crippen molar-refractivity contribution in [3.8, 4) is 0 Å². The monoisotopic (exact) mass is 316 g/mol. The number of benzene rings is 1. The molecule has 5 heteroatoms. The molecule has 0 amide bonds. The van der Waals surface area contributed by atoms with Crippen LogP contribution < -0.4 is 0 Å². The van der Waals surface area contributed by atoms with Crippen LogP contribution in [0.1, 0.15) is 53.5 Å². The average molecular weight is 316 g/mol. The molecule has 3 rings (SSSR count). The van der Waals surface area contributed by atoms with Gasteiger partial charge < -0.3 is 4.74 Å². The average Bonchev–Trinajstić information content (AvgIpc) is 2.86. The molecular formula is C18H21FN2O2. The predicted molar refractivity (Wildman–Crippen MR) is 84.8 cm³/mol. The van der Waals surface area contributed by atoms with Crippen molar-refractivity contribution in [1.29, 1.82) is 0 Å². The van der Waals surface area contributed by atoms with Crippen molar-refractivity contribution in [2.75, 3.05) is 0 Å². The maximum Gasteiger partial charge on any atom is 0.341 e. The molecule has 1 saturated carbocycles. The minimum atomic E-state index is -0.596. The van der Waals surface area contributed by atoms with E-state index < -0.39 is 11.8 Å². The van der Waals surface area contributed by atoms with Gasteiger partial charge in [-0.2, -0.15) is 5.10 Å². The minimum Gasteiger partial charge on any atom is -0.456 e. The van der Waals surface area contributed by atoms with Crippen LogP contribution in [0.4, 0.5) is 4.39 Å². The number of esters is 1. The quantitative estimate of drug-likeness (QED) is 0.805. The Labute approximate surface area is 135 Å². The number of hydrogen-bond acceptors (Lipinski definition) is 3. The Bertz CT molecular complexity index is 711. The summed E-state index contributed by atoms with van der Waals surface area (Å²) in [7, 11) is 0. The number of carbonyl (C=O) groups is 1. The van der Waals surface area contributed by atoms with Gasteiger partial charge in [0.2, 0.25) is 0 Å². The molecule has 1 heterocycles. The lowest BCUT2D eigenvalue weighted by molar-refractivity contribution is 0.00125. The van der Waals surface area contributed by atoms with E-state index in [1.807, 2.05) is 24.6 Å². The summed E-state index contributed by atoms with van der Waals surface area (Å²) < 4.78 is 21.4. The Morgan fingerprint density at radius 1 is 1.26 bits per heavy atom. The van der Waals surface area contributed by atoms with Gasteiger partial charge in [-0.1, -0.05) is 18.6 Å². The predicted octanol–water partition coefficient (Wildman–Crippen LogP) is 3.98. The molecule has 122 valence electrons. The maximum absolute atomic E-state index is 13.8. The highest BCUT2D eigenvalue weighted by Crippen LogP contribution is 2.32. The van der Waals surface area contributed by atoms with Gasteiger partial charge in [-0.25, -0.2) is 9.18 Å². The van der Waals surface area contributed by atoms with Crippen molar-refractivity contribution in [2.24, 2.45) is 0 Å². The molecule has 0 radical (unpaired) electrons. The Morgan fingerprint density at radius 3 is 2.70 bits per heavy atom. The third-order valence-corrected chi connectivity index (χ3v) is 4.38. The molecule has 1 aliphatic carbocycles. The van der Waals surface area contributed by atoms with Crippen molar-refractivity contribution in [1.82, 2.24) is 9.78 Å². The molecular weight excluding hydrogens is 295 g/mol. The molecule has 4 nitrogen and oxygen atoms in total. The molecule has 1 aromatic carbocycles. The summed E-state index contributed by atoms with van der Waals surface area (Å²) in [6.07, 6.45) is 3.51. The maximum atomic E-state index is 13.8. The van der Waals surface area contributed by atoms with Crippen molar-refractivity contribution >= 4 is 5.97 Å². The molecule has 23 heavy (non-hydrogen) atoms. The molecule has 1 aliphatic rings. The first-order valence-corrected chi connectivity index (χ1v) is 8.04. The zero-order chi connectivity index (χ0) is 16.4. The lowest BCUT2D eigenvalue weighted by Gasteiger charge is -2.32. The molecule has 0 saturated heterocycles. The standard InChI is InChI=1S/C18H21FN2O2/c1-12-11-13(2)21(20-12)16-9-5-6-10-17(16)23-18(22)14-7-3-4-8-15(14)19/h3-4,7-8,11,16-17H,5-6,9-10H2,1-2H3/t16-,17-/m1/s1. The van der Waals surface area contributed by atoms with Crippen LogP contribution in [0.3, 0.4) is 0 Å². The number of aromatic nitrogens is 2. The van der Waals surface area contributed by atoms with Gasteiger partial charge in [-0.3, -0.25) is 4.68 Å². The van der Waals surface area contributed by atoms with Crippen LogP contribution in [0, 0.1) is 19.7 Å². The Kier molecular flexibility index (Phi) is 4.46. The molecule has 1 aromatic heterocycles. The Balaban J connectivity index is 1.81. The second-order valence-corrected chi connectivity index (χ2v) is 6.15. The lowest BCUT2D eigenvalue weighted by Crippen LogP contribution is -2.33. The molecule has 0 bridgehead atoms. The van der Waals surface area contributed by atoms with Crippen LogP contribution in [-0.2, 0) is 4.74 Å². The van der Waals surface area contributed by atoms with Crippen LogP contribution in [0.2, 0.25) is 0 Å². The third-order valence-electron chi connectivity index (χ3n) is 4.38. The first kappa shape index (κ1) is 15.7. The SMILES string of the molecule is Cc1cc(C)n([C@@H]2CCCC[C@H]2OC(=O)c2ccccc2F)n1. The van der Waals surface area contributed by atoms with Gasteiger partial charge in [0, 0.05) is 5.69 Å². The zero-order valence-electron chi connectivity index (χ0n) is 13.5. The summed E-state index contributed by atoms with van der Waals surface area (Å²) in [6.45, 7) is 3.96. The normalized spacial score (nSPS) is 21.2. The molecule has 0 aliphatic heterocycles. The molecule has 2 atom stereocenters. The highest BCUT2D eigenvalue weighted by Gasteiger charge is 2.32. The fraction of sp³-hybridized carbons (Fsp3) is 0.444. The second-order valence-electron chi connectivity index (χ2n) is 6.15. The number of nitrogens with zero attached hydrogens (tertiary/aromatic N) is 2. The summed E-state index contributed by atoms with van der Waals surface area (Å²) in [5, 5.41) is 4.53. The highest BCUT2D eigenvalue weighted by molar-refractivity contribution is 5.89. The van der Waals surface area contributed by atoms with E-state index in [9.17, 15) is 9.18 Å². The number of carbonyl (C=O) groups excluding carboxylic acids is 1. The second kappa shape index (κ2) is 6.52. The fourth-order valence-electron chi connectivity index (χ4n) is 3.30. The van der Waals surface area contributed by atoms with Crippen LogP contribution in [0.15, 0.2) is 30.3 Å². The molecule has 0 N–H and O–H groups in total. The van der Waals surface area contributed by atoms with E-state index in [0.717, 1.165) is 37.1 Å². The van der Waals surface area contributed by atoms with Crippen LogP contribution >= 0.6 is 0 Å². The van der Waals surface area contributed by atoms with Crippen molar-refractivity contribution in [2.45, 2.75) is 51.7 Å². The van der Waals surface area contributed by atoms with Crippen molar-refractivity contribution in [3.63, 3.8) is 0 Å². The van der Waals surface area contributed by atoms with Gasteiger partial charge in [-0.15, -0.1) is 0 Å². The van der Waals surface area contributed by atoms with Gasteiger partial charge in [0.1, 0.15) is 11.9 Å². The van der Waals surface area contributed by atoms with Gasteiger partial charge in [-0.05, 0) is 51.3 Å². The first-order valence-electron chi connectivity index (χ1n) is 8.04. The van der Waals surface area contributed by atoms with E-state index in [1.165, 1.54) is 12.1 Å². The van der Waals surface area contributed by atoms with Gasteiger partial charge in [0.05, 0.1) is 17.3 Å². The van der Waals surface area contributed by atoms with Gasteiger partial charge in [0.25, 0.3) is 0 Å². The topological polar surface area (TPSA) is 44.1 Å². The van der Waals surface area contributed by atoms with Gasteiger partial charge in [0.15, 0.2) is 0 Å². The van der Waals surface area contributed by atoms with Crippen molar-refractivity contribution < 1.29 is 13.9 Å².